The topological polar surface area (TPSA) is 62.6 Å². The molecule has 1 aromatic heterocycles. The van der Waals surface area contributed by atoms with E-state index in [0.717, 1.165) is 31.5 Å². The number of amides is 1. The van der Waals surface area contributed by atoms with Gasteiger partial charge in [0, 0.05) is 17.6 Å². The van der Waals surface area contributed by atoms with Crippen LogP contribution in [0.15, 0.2) is 51.7 Å². The highest BCUT2D eigenvalue weighted by atomic mass is 35.5. The van der Waals surface area contributed by atoms with Gasteiger partial charge in [-0.3, -0.25) is 14.5 Å². The first kappa shape index (κ1) is 24.5. The molecule has 0 aliphatic carbocycles. The Labute approximate surface area is 206 Å². The summed E-state index contributed by atoms with van der Waals surface area (Å²) in [6.45, 7) is 10.9. The molecule has 34 heavy (non-hydrogen) atoms. The van der Waals surface area contributed by atoms with Crippen LogP contribution in [0.5, 0.6) is 0 Å². The van der Waals surface area contributed by atoms with Gasteiger partial charge in [-0.2, -0.15) is 0 Å². The Morgan fingerprint density at radius 1 is 1.09 bits per heavy atom. The maximum absolute atomic E-state index is 13.0. The van der Waals surface area contributed by atoms with Crippen LogP contribution >= 0.6 is 11.6 Å². The van der Waals surface area contributed by atoms with E-state index in [1.165, 1.54) is 23.6 Å². The molecule has 1 aliphatic heterocycles. The van der Waals surface area contributed by atoms with E-state index in [1.807, 2.05) is 6.92 Å². The molecular formula is C28H33ClN2O3. The first-order chi connectivity index (χ1) is 16.1. The Morgan fingerprint density at radius 2 is 1.76 bits per heavy atom. The van der Waals surface area contributed by atoms with Gasteiger partial charge in [-0.05, 0) is 67.1 Å². The standard InChI is InChI=1S/C28H33ClN2O3/c1-18-14-25-21(15-22(18)29)24(32)16-26(34-25)27(33)30-17-23(31-12-6-5-7-13-31)19-8-10-20(11-9-19)28(2,3)4/h8-11,14-16,23H,5-7,12-13,17H2,1-4H3,(H,30,33). The van der Waals surface area contributed by atoms with Crippen molar-refractivity contribution >= 4 is 28.5 Å². The number of hydrogen-bond donors (Lipinski definition) is 1. The van der Waals surface area contributed by atoms with E-state index in [9.17, 15) is 9.59 Å². The SMILES string of the molecule is Cc1cc2oc(C(=O)NCC(c3ccc(C(C)(C)C)cc3)N3CCCCC3)cc(=O)c2cc1Cl. The van der Waals surface area contributed by atoms with E-state index >= 15 is 0 Å². The van der Waals surface area contributed by atoms with E-state index in [0.29, 0.717) is 22.5 Å². The number of nitrogens with zero attached hydrogens (tertiary/aromatic N) is 1. The van der Waals surface area contributed by atoms with Crippen molar-refractivity contribution in [2.24, 2.45) is 0 Å². The molecule has 2 heterocycles. The highest BCUT2D eigenvalue weighted by Gasteiger charge is 2.24. The van der Waals surface area contributed by atoms with Crippen molar-refractivity contribution < 1.29 is 9.21 Å². The Balaban J connectivity index is 1.57. The minimum atomic E-state index is -0.389. The summed E-state index contributed by atoms with van der Waals surface area (Å²) in [5, 5.41) is 3.89. The lowest BCUT2D eigenvalue weighted by Gasteiger charge is -2.35. The Kier molecular flexibility index (Phi) is 7.15. The number of nitrogens with one attached hydrogen (secondary N) is 1. The van der Waals surface area contributed by atoms with Crippen LogP contribution in [0.25, 0.3) is 11.0 Å². The highest BCUT2D eigenvalue weighted by molar-refractivity contribution is 6.32. The minimum absolute atomic E-state index is 0.0136. The average molecular weight is 481 g/mol. The van der Waals surface area contributed by atoms with Crippen molar-refractivity contribution in [1.82, 2.24) is 10.2 Å². The molecule has 2 aromatic carbocycles. The van der Waals surface area contributed by atoms with Gasteiger partial charge >= 0.3 is 0 Å². The second-order valence-corrected chi connectivity index (χ2v) is 10.7. The third kappa shape index (κ3) is 5.37. The lowest BCUT2D eigenvalue weighted by Crippen LogP contribution is -2.40. The zero-order valence-electron chi connectivity index (χ0n) is 20.4. The Morgan fingerprint density at radius 3 is 2.41 bits per heavy atom. The predicted octanol–water partition coefficient (Wildman–Crippen LogP) is 6.01. The van der Waals surface area contributed by atoms with Gasteiger partial charge in [0.2, 0.25) is 0 Å². The zero-order valence-corrected chi connectivity index (χ0v) is 21.2. The smallest absolute Gasteiger partial charge is 0.287 e. The lowest BCUT2D eigenvalue weighted by molar-refractivity contribution is 0.0897. The molecule has 0 saturated carbocycles. The molecule has 1 saturated heterocycles. The number of hydrogen-bond acceptors (Lipinski definition) is 4. The van der Waals surface area contributed by atoms with Gasteiger partial charge in [0.25, 0.3) is 5.91 Å². The summed E-state index contributed by atoms with van der Waals surface area (Å²) in [4.78, 5) is 28.0. The number of halogens is 1. The summed E-state index contributed by atoms with van der Waals surface area (Å²) in [5.74, 6) is -0.375. The van der Waals surface area contributed by atoms with Gasteiger partial charge in [-0.15, -0.1) is 0 Å². The fourth-order valence-corrected chi connectivity index (χ4v) is 4.72. The molecule has 0 bridgehead atoms. The van der Waals surface area contributed by atoms with Gasteiger partial charge in [-0.1, -0.05) is 63.1 Å². The van der Waals surface area contributed by atoms with Crippen LogP contribution in [0.3, 0.4) is 0 Å². The summed E-state index contributed by atoms with van der Waals surface area (Å²) in [6, 6.07) is 13.3. The van der Waals surface area contributed by atoms with Crippen LogP contribution in [0.4, 0.5) is 0 Å². The van der Waals surface area contributed by atoms with Crippen LogP contribution in [0.2, 0.25) is 5.02 Å². The molecule has 0 spiro atoms. The number of carbonyl (C=O) groups excluding carboxylic acids is 1. The number of benzene rings is 2. The quantitative estimate of drug-likeness (QED) is 0.485. The molecule has 1 N–H and O–H groups in total. The summed E-state index contributed by atoms with van der Waals surface area (Å²) in [6.07, 6.45) is 3.56. The number of likely N-dealkylation sites (tertiary alicyclic amines) is 1. The molecule has 0 radical (unpaired) electrons. The van der Waals surface area contributed by atoms with Crippen LogP contribution in [-0.4, -0.2) is 30.4 Å². The monoisotopic (exact) mass is 480 g/mol. The van der Waals surface area contributed by atoms with E-state index in [2.05, 4.69) is 55.3 Å². The third-order valence-corrected chi connectivity index (χ3v) is 7.09. The highest BCUT2D eigenvalue weighted by Crippen LogP contribution is 2.28. The molecule has 1 amide bonds. The van der Waals surface area contributed by atoms with Crippen LogP contribution in [-0.2, 0) is 5.41 Å². The second-order valence-electron chi connectivity index (χ2n) is 10.3. The first-order valence-corrected chi connectivity index (χ1v) is 12.4. The summed E-state index contributed by atoms with van der Waals surface area (Å²) in [7, 11) is 0. The summed E-state index contributed by atoms with van der Waals surface area (Å²) in [5.41, 5.74) is 3.43. The predicted molar refractivity (Wildman–Crippen MR) is 138 cm³/mol. The van der Waals surface area contributed by atoms with Crippen molar-refractivity contribution in [1.29, 1.82) is 0 Å². The van der Waals surface area contributed by atoms with Crippen LogP contribution < -0.4 is 10.7 Å². The Hall–Kier alpha value is -2.63. The molecule has 3 aromatic rings. The molecule has 180 valence electrons. The van der Waals surface area contributed by atoms with Gasteiger partial charge in [0.05, 0.1) is 11.4 Å². The van der Waals surface area contributed by atoms with Gasteiger partial charge in [0.1, 0.15) is 5.58 Å². The molecular weight excluding hydrogens is 448 g/mol. The van der Waals surface area contributed by atoms with Gasteiger partial charge in [0.15, 0.2) is 11.2 Å². The molecule has 1 fully saturated rings. The molecule has 1 aliphatic rings. The van der Waals surface area contributed by atoms with Gasteiger partial charge < -0.3 is 9.73 Å². The lowest BCUT2D eigenvalue weighted by atomic mass is 9.86. The van der Waals surface area contributed by atoms with E-state index in [-0.39, 0.29) is 28.6 Å². The van der Waals surface area contributed by atoms with Crippen molar-refractivity contribution in [2.45, 2.75) is 58.4 Å². The van der Waals surface area contributed by atoms with E-state index < -0.39 is 0 Å². The number of fused-ring (bicyclic) bond motifs is 1. The number of rotatable bonds is 5. The normalized spacial score (nSPS) is 15.9. The van der Waals surface area contributed by atoms with Crippen molar-refractivity contribution in [2.75, 3.05) is 19.6 Å². The molecule has 1 atom stereocenters. The average Bonchev–Trinajstić information content (AvgIpc) is 2.81. The zero-order chi connectivity index (χ0) is 24.5. The Bertz CT molecular complexity index is 1240. The molecule has 4 rings (SSSR count). The van der Waals surface area contributed by atoms with Crippen molar-refractivity contribution in [3.63, 3.8) is 0 Å². The maximum atomic E-state index is 13.0. The van der Waals surface area contributed by atoms with Crippen LogP contribution in [0, 0.1) is 6.92 Å². The largest absolute Gasteiger partial charge is 0.451 e. The third-order valence-electron chi connectivity index (χ3n) is 6.68. The van der Waals surface area contributed by atoms with E-state index in [1.54, 1.807) is 12.1 Å². The van der Waals surface area contributed by atoms with Crippen molar-refractivity contribution in [3.8, 4) is 0 Å². The number of carbonyl (C=O) groups is 1. The summed E-state index contributed by atoms with van der Waals surface area (Å²) < 4.78 is 5.79. The molecule has 1 unspecified atom stereocenters. The second kappa shape index (κ2) is 9.93. The van der Waals surface area contributed by atoms with Crippen molar-refractivity contribution in [3.05, 3.63) is 80.2 Å². The first-order valence-electron chi connectivity index (χ1n) is 12.0. The van der Waals surface area contributed by atoms with E-state index in [4.69, 9.17) is 16.0 Å². The maximum Gasteiger partial charge on any atom is 0.287 e. The van der Waals surface area contributed by atoms with Gasteiger partial charge in [-0.25, -0.2) is 0 Å². The molecule has 6 heteroatoms. The minimum Gasteiger partial charge on any atom is -0.451 e. The fourth-order valence-electron chi connectivity index (χ4n) is 4.56. The molecule has 5 nitrogen and oxygen atoms in total. The summed E-state index contributed by atoms with van der Waals surface area (Å²) >= 11 is 6.15. The fraction of sp³-hybridized carbons (Fsp3) is 0.429. The number of piperidine rings is 1. The van der Waals surface area contributed by atoms with Crippen LogP contribution in [0.1, 0.15) is 73.3 Å². The number of aryl methyl sites for hydroxylation is 1.